The third kappa shape index (κ3) is 5.32. The molecule has 0 radical (unpaired) electrons. The van der Waals surface area contributed by atoms with E-state index in [4.69, 9.17) is 13.9 Å². The molecule has 7 nitrogen and oxygen atoms in total. The summed E-state index contributed by atoms with van der Waals surface area (Å²) in [5.74, 6) is -0.348. The average molecular weight is 457 g/mol. The van der Waals surface area contributed by atoms with Gasteiger partial charge in [0.15, 0.2) is 6.61 Å². The molecule has 34 heavy (non-hydrogen) atoms. The number of hydrogen-bond acceptors (Lipinski definition) is 6. The van der Waals surface area contributed by atoms with Crippen molar-refractivity contribution >= 4 is 28.5 Å². The smallest absolute Gasteiger partial charge is 0.338 e. The first-order valence-corrected chi connectivity index (χ1v) is 10.7. The fourth-order valence-electron chi connectivity index (χ4n) is 3.40. The van der Waals surface area contributed by atoms with Gasteiger partial charge in [-0.15, -0.1) is 0 Å². The van der Waals surface area contributed by atoms with Gasteiger partial charge in [0.25, 0.3) is 5.91 Å². The molecule has 7 heteroatoms. The van der Waals surface area contributed by atoms with E-state index in [9.17, 15) is 14.4 Å². The molecule has 1 aromatic heterocycles. The summed E-state index contributed by atoms with van der Waals surface area (Å²) >= 11 is 0. The van der Waals surface area contributed by atoms with Gasteiger partial charge in [0, 0.05) is 30.3 Å². The van der Waals surface area contributed by atoms with Crippen molar-refractivity contribution in [3.63, 3.8) is 0 Å². The maximum absolute atomic E-state index is 12.3. The SMILES string of the molecule is Cc1cc(=O)oc2cc(OCc3ccc(C(=O)OCC(=O)N(C)c4ccccc4)cc3)ccc12. The number of hydrogen-bond donors (Lipinski definition) is 0. The van der Waals surface area contributed by atoms with E-state index >= 15 is 0 Å². The third-order valence-electron chi connectivity index (χ3n) is 5.36. The maximum atomic E-state index is 12.3. The Labute approximate surface area is 196 Å². The van der Waals surface area contributed by atoms with Gasteiger partial charge >= 0.3 is 11.6 Å². The number of likely N-dealkylation sites (N-methyl/N-ethyl adjacent to an activating group) is 1. The number of nitrogens with zero attached hydrogens (tertiary/aromatic N) is 1. The van der Waals surface area contributed by atoms with Crippen molar-refractivity contribution in [1.82, 2.24) is 0 Å². The monoisotopic (exact) mass is 457 g/mol. The molecule has 1 amide bonds. The van der Waals surface area contributed by atoms with E-state index in [0.717, 1.165) is 22.2 Å². The van der Waals surface area contributed by atoms with Crippen LogP contribution in [0.25, 0.3) is 11.0 Å². The standard InChI is InChI=1S/C27H23NO6/c1-18-14-26(30)34-24-15-22(12-13-23(18)24)32-16-19-8-10-20(11-9-19)27(31)33-17-25(29)28(2)21-6-4-3-5-7-21/h3-15H,16-17H2,1-2H3. The second-order valence-electron chi connectivity index (χ2n) is 7.76. The molecule has 4 aromatic rings. The summed E-state index contributed by atoms with van der Waals surface area (Å²) < 4.78 is 16.2. The Morgan fingerprint density at radius 1 is 0.941 bits per heavy atom. The predicted octanol–water partition coefficient (Wildman–Crippen LogP) is 4.50. The Hall–Kier alpha value is -4.39. The van der Waals surface area contributed by atoms with E-state index in [1.807, 2.05) is 37.3 Å². The number of fused-ring (bicyclic) bond motifs is 1. The summed E-state index contributed by atoms with van der Waals surface area (Å²) in [6.07, 6.45) is 0. The third-order valence-corrected chi connectivity index (χ3v) is 5.36. The van der Waals surface area contributed by atoms with Gasteiger partial charge in [0.05, 0.1) is 5.56 Å². The molecule has 4 rings (SSSR count). The van der Waals surface area contributed by atoms with Gasteiger partial charge in [-0.2, -0.15) is 0 Å². The number of para-hydroxylation sites is 1. The molecule has 0 aliphatic rings. The summed E-state index contributed by atoms with van der Waals surface area (Å²) in [7, 11) is 1.63. The summed E-state index contributed by atoms with van der Waals surface area (Å²) in [5.41, 5.74) is 2.79. The van der Waals surface area contributed by atoms with Crippen LogP contribution in [0.1, 0.15) is 21.5 Å². The summed E-state index contributed by atoms with van der Waals surface area (Å²) in [6, 6.07) is 22.6. The van der Waals surface area contributed by atoms with Crippen LogP contribution in [0, 0.1) is 6.92 Å². The number of carbonyl (C=O) groups excluding carboxylic acids is 2. The van der Waals surface area contributed by atoms with Crippen molar-refractivity contribution in [3.05, 3.63) is 106 Å². The Bertz CT molecular complexity index is 1380. The minimum Gasteiger partial charge on any atom is -0.489 e. The van der Waals surface area contributed by atoms with E-state index in [-0.39, 0.29) is 19.1 Å². The Balaban J connectivity index is 1.32. The highest BCUT2D eigenvalue weighted by Crippen LogP contribution is 2.23. The number of esters is 1. The van der Waals surface area contributed by atoms with E-state index in [0.29, 0.717) is 16.9 Å². The van der Waals surface area contributed by atoms with Gasteiger partial charge in [-0.25, -0.2) is 9.59 Å². The zero-order valence-electron chi connectivity index (χ0n) is 18.8. The van der Waals surface area contributed by atoms with Crippen molar-refractivity contribution in [1.29, 1.82) is 0 Å². The first kappa shape index (κ1) is 22.8. The molecule has 0 bridgehead atoms. The van der Waals surface area contributed by atoms with Crippen LogP contribution in [0.3, 0.4) is 0 Å². The molecule has 0 spiro atoms. The molecule has 0 fully saturated rings. The molecule has 0 aliphatic carbocycles. The number of amides is 1. The summed E-state index contributed by atoms with van der Waals surface area (Å²) in [5, 5.41) is 0.850. The molecular weight excluding hydrogens is 434 g/mol. The van der Waals surface area contributed by atoms with Crippen molar-refractivity contribution in [2.45, 2.75) is 13.5 Å². The molecule has 3 aromatic carbocycles. The topological polar surface area (TPSA) is 86.0 Å². The maximum Gasteiger partial charge on any atom is 0.338 e. The van der Waals surface area contributed by atoms with Crippen LogP contribution in [0.15, 0.2) is 88.1 Å². The van der Waals surface area contributed by atoms with Gasteiger partial charge in [-0.3, -0.25) is 4.79 Å². The molecule has 0 saturated carbocycles. The Kier molecular flexibility index (Phi) is 6.73. The van der Waals surface area contributed by atoms with Crippen LogP contribution in [0.5, 0.6) is 5.75 Å². The Morgan fingerprint density at radius 2 is 1.68 bits per heavy atom. The van der Waals surface area contributed by atoms with Crippen LogP contribution in [0.2, 0.25) is 0 Å². The molecule has 1 heterocycles. The lowest BCUT2D eigenvalue weighted by Gasteiger charge is -2.17. The number of benzene rings is 3. The quantitative estimate of drug-likeness (QED) is 0.300. The number of carbonyl (C=O) groups is 2. The van der Waals surface area contributed by atoms with Crippen molar-refractivity contribution in [2.24, 2.45) is 0 Å². The van der Waals surface area contributed by atoms with E-state index in [2.05, 4.69) is 0 Å². The normalized spacial score (nSPS) is 10.6. The lowest BCUT2D eigenvalue weighted by atomic mass is 10.1. The minimum absolute atomic E-state index is 0.261. The minimum atomic E-state index is -0.581. The summed E-state index contributed by atoms with van der Waals surface area (Å²) in [4.78, 5) is 37.6. The molecule has 0 atom stereocenters. The fraction of sp³-hybridized carbons (Fsp3) is 0.148. The highest BCUT2D eigenvalue weighted by atomic mass is 16.5. The van der Waals surface area contributed by atoms with Crippen LogP contribution < -0.4 is 15.3 Å². The summed E-state index contributed by atoms with van der Waals surface area (Å²) in [6.45, 7) is 1.76. The molecule has 0 N–H and O–H groups in total. The van der Waals surface area contributed by atoms with Gasteiger partial charge in [0.2, 0.25) is 0 Å². The largest absolute Gasteiger partial charge is 0.489 e. The second-order valence-corrected chi connectivity index (χ2v) is 7.76. The highest BCUT2D eigenvalue weighted by molar-refractivity contribution is 5.96. The van der Waals surface area contributed by atoms with E-state index in [1.54, 1.807) is 49.5 Å². The van der Waals surface area contributed by atoms with Crippen LogP contribution in [-0.2, 0) is 16.1 Å². The first-order chi connectivity index (χ1) is 16.4. The zero-order valence-corrected chi connectivity index (χ0v) is 18.8. The van der Waals surface area contributed by atoms with E-state index < -0.39 is 11.6 Å². The Morgan fingerprint density at radius 3 is 2.41 bits per heavy atom. The predicted molar refractivity (Wildman–Crippen MR) is 128 cm³/mol. The van der Waals surface area contributed by atoms with Gasteiger partial charge in [0.1, 0.15) is 17.9 Å². The first-order valence-electron chi connectivity index (χ1n) is 10.7. The average Bonchev–Trinajstić information content (AvgIpc) is 2.85. The van der Waals surface area contributed by atoms with Gasteiger partial charge in [-0.05, 0) is 54.4 Å². The number of aryl methyl sites for hydroxylation is 1. The van der Waals surface area contributed by atoms with Crippen molar-refractivity contribution in [3.8, 4) is 5.75 Å². The second kappa shape index (κ2) is 10.0. The van der Waals surface area contributed by atoms with Crippen molar-refractivity contribution in [2.75, 3.05) is 18.6 Å². The number of ether oxygens (including phenoxy) is 2. The van der Waals surface area contributed by atoms with Crippen molar-refractivity contribution < 1.29 is 23.5 Å². The van der Waals surface area contributed by atoms with Gasteiger partial charge < -0.3 is 18.8 Å². The lowest BCUT2D eigenvalue weighted by Crippen LogP contribution is -2.31. The highest BCUT2D eigenvalue weighted by Gasteiger charge is 2.15. The number of rotatable bonds is 7. The number of anilines is 1. The molecule has 0 aliphatic heterocycles. The molecule has 172 valence electrons. The van der Waals surface area contributed by atoms with Crippen LogP contribution in [0.4, 0.5) is 5.69 Å². The van der Waals surface area contributed by atoms with E-state index in [1.165, 1.54) is 11.0 Å². The van der Waals surface area contributed by atoms with Gasteiger partial charge in [-0.1, -0.05) is 30.3 Å². The zero-order chi connectivity index (χ0) is 24.1. The molecule has 0 unspecified atom stereocenters. The lowest BCUT2D eigenvalue weighted by molar-refractivity contribution is -0.121. The molecule has 0 saturated heterocycles. The van der Waals surface area contributed by atoms with Crippen LogP contribution in [-0.4, -0.2) is 25.5 Å². The molecular formula is C27H23NO6. The van der Waals surface area contributed by atoms with Crippen LogP contribution >= 0.6 is 0 Å². The fourth-order valence-corrected chi connectivity index (χ4v) is 3.40.